The molecule has 0 spiro atoms. The molecule has 1 aromatic rings. The van der Waals surface area contributed by atoms with Gasteiger partial charge in [-0.15, -0.1) is 0 Å². The van der Waals surface area contributed by atoms with E-state index in [2.05, 4.69) is 49.9 Å². The van der Waals surface area contributed by atoms with Gasteiger partial charge in [0.25, 0.3) is 0 Å². The summed E-state index contributed by atoms with van der Waals surface area (Å²) in [4.78, 5) is 2.26. The maximum absolute atomic E-state index is 9.21. The van der Waals surface area contributed by atoms with Crippen molar-refractivity contribution in [2.45, 2.75) is 38.8 Å². The van der Waals surface area contributed by atoms with Crippen molar-refractivity contribution in [3.05, 3.63) is 35.4 Å². The molecule has 2 rings (SSSR count). The molecule has 1 aliphatic rings. The first kappa shape index (κ1) is 11.6. The zero-order valence-electron chi connectivity index (χ0n) is 10.4. The smallest absolute Gasteiger partial charge is 0.0794 e. The standard InChI is InChI=1S/C14H21NO/c1-14(2,3)12-6-4-11(5-7-12)8-15-9-13(16)10-15/h4-7,13,16H,8-10H2,1-3H3. The highest BCUT2D eigenvalue weighted by Crippen LogP contribution is 2.23. The molecule has 0 amide bonds. The number of nitrogens with zero attached hydrogens (tertiary/aromatic N) is 1. The third kappa shape index (κ3) is 2.63. The van der Waals surface area contributed by atoms with Crippen LogP contribution in [0.1, 0.15) is 31.9 Å². The largest absolute Gasteiger partial charge is 0.390 e. The lowest BCUT2D eigenvalue weighted by atomic mass is 9.86. The van der Waals surface area contributed by atoms with Gasteiger partial charge in [-0.05, 0) is 16.5 Å². The normalized spacial score (nSPS) is 18.5. The summed E-state index contributed by atoms with van der Waals surface area (Å²) in [5.41, 5.74) is 2.94. The van der Waals surface area contributed by atoms with Crippen molar-refractivity contribution in [3.63, 3.8) is 0 Å². The van der Waals surface area contributed by atoms with Crippen LogP contribution >= 0.6 is 0 Å². The molecule has 1 heterocycles. The number of aliphatic hydroxyl groups is 1. The predicted octanol–water partition coefficient (Wildman–Crippen LogP) is 2.16. The lowest BCUT2D eigenvalue weighted by Crippen LogP contribution is -2.49. The Hall–Kier alpha value is -0.860. The Morgan fingerprint density at radius 1 is 1.19 bits per heavy atom. The number of benzene rings is 1. The summed E-state index contributed by atoms with van der Waals surface area (Å²) in [7, 11) is 0. The minimum atomic E-state index is -0.103. The number of rotatable bonds is 2. The second kappa shape index (κ2) is 4.19. The van der Waals surface area contributed by atoms with Gasteiger partial charge in [-0.1, -0.05) is 45.0 Å². The van der Waals surface area contributed by atoms with Gasteiger partial charge in [0.15, 0.2) is 0 Å². The van der Waals surface area contributed by atoms with Gasteiger partial charge in [-0.3, -0.25) is 4.90 Å². The topological polar surface area (TPSA) is 23.5 Å². The molecule has 0 aromatic heterocycles. The molecule has 0 unspecified atom stereocenters. The van der Waals surface area contributed by atoms with Crippen LogP contribution in [0.15, 0.2) is 24.3 Å². The van der Waals surface area contributed by atoms with Gasteiger partial charge in [-0.2, -0.15) is 0 Å². The van der Waals surface area contributed by atoms with Crippen LogP contribution in [0.4, 0.5) is 0 Å². The van der Waals surface area contributed by atoms with Crippen LogP contribution in [0.2, 0.25) is 0 Å². The fourth-order valence-corrected chi connectivity index (χ4v) is 2.04. The molecule has 88 valence electrons. The monoisotopic (exact) mass is 219 g/mol. The average Bonchev–Trinajstić information content (AvgIpc) is 2.15. The molecule has 0 bridgehead atoms. The molecule has 0 atom stereocenters. The summed E-state index contributed by atoms with van der Waals surface area (Å²) in [6, 6.07) is 8.83. The van der Waals surface area contributed by atoms with Crippen LogP contribution in [-0.4, -0.2) is 29.2 Å². The van der Waals surface area contributed by atoms with Crippen LogP contribution in [-0.2, 0) is 12.0 Å². The summed E-state index contributed by atoms with van der Waals surface area (Å²) in [5.74, 6) is 0. The number of hydrogen-bond donors (Lipinski definition) is 1. The maximum Gasteiger partial charge on any atom is 0.0794 e. The van der Waals surface area contributed by atoms with E-state index in [9.17, 15) is 5.11 Å². The van der Waals surface area contributed by atoms with Gasteiger partial charge in [-0.25, -0.2) is 0 Å². The summed E-state index contributed by atoms with van der Waals surface area (Å²) in [6.07, 6.45) is -0.103. The molecule has 1 aromatic carbocycles. The van der Waals surface area contributed by atoms with Gasteiger partial charge in [0.05, 0.1) is 6.10 Å². The van der Waals surface area contributed by atoms with Crippen molar-refractivity contribution in [1.82, 2.24) is 4.90 Å². The second-order valence-electron chi connectivity index (χ2n) is 5.79. The van der Waals surface area contributed by atoms with E-state index in [4.69, 9.17) is 0 Å². The fraction of sp³-hybridized carbons (Fsp3) is 0.571. The summed E-state index contributed by atoms with van der Waals surface area (Å²) in [6.45, 7) is 9.29. The van der Waals surface area contributed by atoms with Crippen LogP contribution < -0.4 is 0 Å². The lowest BCUT2D eigenvalue weighted by molar-refractivity contribution is -0.00286. The van der Waals surface area contributed by atoms with Crippen molar-refractivity contribution < 1.29 is 5.11 Å². The van der Waals surface area contributed by atoms with Gasteiger partial charge >= 0.3 is 0 Å². The highest BCUT2D eigenvalue weighted by molar-refractivity contribution is 5.27. The van der Waals surface area contributed by atoms with Gasteiger partial charge < -0.3 is 5.11 Å². The molecular weight excluding hydrogens is 198 g/mol. The SMILES string of the molecule is CC(C)(C)c1ccc(CN2CC(O)C2)cc1. The number of likely N-dealkylation sites (tertiary alicyclic amines) is 1. The van der Waals surface area contributed by atoms with Crippen LogP contribution in [0.3, 0.4) is 0 Å². The fourth-order valence-electron chi connectivity index (χ4n) is 2.04. The lowest BCUT2D eigenvalue weighted by Gasteiger charge is -2.35. The Bertz CT molecular complexity index is 344. The first-order valence-corrected chi connectivity index (χ1v) is 5.95. The Kier molecular flexibility index (Phi) is 3.04. The van der Waals surface area contributed by atoms with E-state index < -0.39 is 0 Å². The molecule has 1 fully saturated rings. The number of aliphatic hydroxyl groups excluding tert-OH is 1. The Morgan fingerprint density at radius 3 is 2.19 bits per heavy atom. The quantitative estimate of drug-likeness (QED) is 0.824. The average molecular weight is 219 g/mol. The van der Waals surface area contributed by atoms with E-state index in [0.29, 0.717) is 0 Å². The molecule has 2 nitrogen and oxygen atoms in total. The molecule has 0 radical (unpaired) electrons. The van der Waals surface area contributed by atoms with Gasteiger partial charge in [0.2, 0.25) is 0 Å². The van der Waals surface area contributed by atoms with Crippen molar-refractivity contribution in [1.29, 1.82) is 0 Å². The number of hydrogen-bond acceptors (Lipinski definition) is 2. The molecule has 0 saturated carbocycles. The van der Waals surface area contributed by atoms with E-state index in [1.807, 2.05) is 0 Å². The number of β-amino-alcohol motifs (C(OH)–C–C–N with tert-alkyl or cyclic N) is 1. The Balaban J connectivity index is 1.97. The van der Waals surface area contributed by atoms with E-state index in [0.717, 1.165) is 19.6 Å². The van der Waals surface area contributed by atoms with Crippen LogP contribution in [0.5, 0.6) is 0 Å². The van der Waals surface area contributed by atoms with Crippen molar-refractivity contribution in [2.75, 3.05) is 13.1 Å². The summed E-state index contributed by atoms with van der Waals surface area (Å²) >= 11 is 0. The van der Waals surface area contributed by atoms with E-state index in [-0.39, 0.29) is 11.5 Å². The molecule has 1 aliphatic heterocycles. The minimum Gasteiger partial charge on any atom is -0.390 e. The second-order valence-corrected chi connectivity index (χ2v) is 5.79. The molecule has 1 saturated heterocycles. The minimum absolute atomic E-state index is 0.103. The summed E-state index contributed by atoms with van der Waals surface area (Å²) < 4.78 is 0. The van der Waals surface area contributed by atoms with Gasteiger partial charge in [0.1, 0.15) is 0 Å². The predicted molar refractivity (Wildman–Crippen MR) is 66.4 cm³/mol. The molecule has 2 heteroatoms. The van der Waals surface area contributed by atoms with E-state index in [1.54, 1.807) is 0 Å². The van der Waals surface area contributed by atoms with Crippen molar-refractivity contribution in [3.8, 4) is 0 Å². The van der Waals surface area contributed by atoms with Crippen molar-refractivity contribution >= 4 is 0 Å². The van der Waals surface area contributed by atoms with E-state index >= 15 is 0 Å². The summed E-state index contributed by atoms with van der Waals surface area (Å²) in [5, 5.41) is 9.21. The first-order chi connectivity index (χ1) is 7.45. The third-order valence-corrected chi connectivity index (χ3v) is 3.16. The molecular formula is C14H21NO. The molecule has 1 N–H and O–H groups in total. The zero-order valence-corrected chi connectivity index (χ0v) is 10.4. The third-order valence-electron chi connectivity index (χ3n) is 3.16. The maximum atomic E-state index is 9.21. The zero-order chi connectivity index (χ0) is 11.8. The first-order valence-electron chi connectivity index (χ1n) is 5.95. The van der Waals surface area contributed by atoms with Crippen LogP contribution in [0.25, 0.3) is 0 Å². The van der Waals surface area contributed by atoms with Gasteiger partial charge in [0, 0.05) is 19.6 Å². The van der Waals surface area contributed by atoms with E-state index in [1.165, 1.54) is 11.1 Å². The van der Waals surface area contributed by atoms with Crippen LogP contribution in [0, 0.1) is 0 Å². The Morgan fingerprint density at radius 2 is 1.75 bits per heavy atom. The van der Waals surface area contributed by atoms with Crippen molar-refractivity contribution in [2.24, 2.45) is 0 Å². The highest BCUT2D eigenvalue weighted by atomic mass is 16.3. The Labute approximate surface area is 97.9 Å². The molecule has 0 aliphatic carbocycles. The molecule has 16 heavy (non-hydrogen) atoms. The highest BCUT2D eigenvalue weighted by Gasteiger charge is 2.23.